The second kappa shape index (κ2) is 7.36. The minimum absolute atomic E-state index is 0.00419. The van der Waals surface area contributed by atoms with Crippen LogP contribution in [0, 0.1) is 6.92 Å². The van der Waals surface area contributed by atoms with Gasteiger partial charge >= 0.3 is 0 Å². The number of pyridine rings is 1. The Labute approximate surface area is 145 Å². The molecule has 1 N–H and O–H groups in total. The molecule has 24 heavy (non-hydrogen) atoms. The normalized spacial score (nSPS) is 10.8. The Hall–Kier alpha value is -2.53. The van der Waals surface area contributed by atoms with Gasteiger partial charge in [-0.3, -0.25) is 4.79 Å². The molecule has 3 aromatic rings. The molecule has 0 fully saturated rings. The zero-order chi connectivity index (χ0) is 16.9. The van der Waals surface area contributed by atoms with E-state index < -0.39 is 0 Å². The van der Waals surface area contributed by atoms with E-state index in [4.69, 9.17) is 16.3 Å². The van der Waals surface area contributed by atoms with Gasteiger partial charge in [0.25, 0.3) is 5.91 Å². The first-order valence-electron chi connectivity index (χ1n) is 7.69. The molecule has 0 aliphatic heterocycles. The largest absolute Gasteiger partial charge is 0.484 e. The third kappa shape index (κ3) is 4.26. The molecule has 0 aliphatic carbocycles. The maximum Gasteiger partial charge on any atom is 0.257 e. The SMILES string of the molecule is Cc1cccc(OCC(=O)NCCc2cn3cc(Cl)ccc3n2)c1. The summed E-state index contributed by atoms with van der Waals surface area (Å²) in [7, 11) is 0. The average molecular weight is 344 g/mol. The Morgan fingerprint density at radius 2 is 2.17 bits per heavy atom. The average Bonchev–Trinajstić information content (AvgIpc) is 2.95. The van der Waals surface area contributed by atoms with E-state index in [1.54, 1.807) is 6.07 Å². The lowest BCUT2D eigenvalue weighted by molar-refractivity contribution is -0.123. The van der Waals surface area contributed by atoms with Gasteiger partial charge in [0.05, 0.1) is 10.7 Å². The van der Waals surface area contributed by atoms with E-state index in [0.29, 0.717) is 23.7 Å². The number of nitrogens with one attached hydrogen (secondary N) is 1. The molecule has 6 heteroatoms. The van der Waals surface area contributed by atoms with Crippen molar-refractivity contribution in [1.82, 2.24) is 14.7 Å². The number of aryl methyl sites for hydroxylation is 1. The number of carbonyl (C=O) groups is 1. The van der Waals surface area contributed by atoms with Crippen LogP contribution in [-0.4, -0.2) is 28.4 Å². The minimum Gasteiger partial charge on any atom is -0.484 e. The summed E-state index contributed by atoms with van der Waals surface area (Å²) in [6.07, 6.45) is 4.37. The quantitative estimate of drug-likeness (QED) is 0.748. The standard InChI is InChI=1S/C18H18ClN3O2/c1-13-3-2-4-16(9-13)24-12-18(23)20-8-7-15-11-22-10-14(19)5-6-17(22)21-15/h2-6,9-11H,7-8,12H2,1H3,(H,20,23). The summed E-state index contributed by atoms with van der Waals surface area (Å²) in [5, 5.41) is 3.49. The van der Waals surface area contributed by atoms with Gasteiger partial charge in [0, 0.05) is 25.4 Å². The van der Waals surface area contributed by atoms with Gasteiger partial charge in [0.15, 0.2) is 6.61 Å². The van der Waals surface area contributed by atoms with E-state index >= 15 is 0 Å². The van der Waals surface area contributed by atoms with Gasteiger partial charge in [-0.1, -0.05) is 23.7 Å². The monoisotopic (exact) mass is 343 g/mol. The molecule has 0 radical (unpaired) electrons. The smallest absolute Gasteiger partial charge is 0.257 e. The number of benzene rings is 1. The zero-order valence-electron chi connectivity index (χ0n) is 13.3. The van der Waals surface area contributed by atoms with Crippen LogP contribution >= 0.6 is 11.6 Å². The van der Waals surface area contributed by atoms with Crippen molar-refractivity contribution in [3.63, 3.8) is 0 Å². The van der Waals surface area contributed by atoms with Crippen molar-refractivity contribution in [2.75, 3.05) is 13.2 Å². The summed E-state index contributed by atoms with van der Waals surface area (Å²) < 4.78 is 7.34. The fourth-order valence-corrected chi connectivity index (χ4v) is 2.54. The van der Waals surface area contributed by atoms with Crippen LogP contribution in [0.4, 0.5) is 0 Å². The molecule has 0 saturated carbocycles. The maximum atomic E-state index is 11.8. The zero-order valence-corrected chi connectivity index (χ0v) is 14.1. The van der Waals surface area contributed by atoms with Crippen molar-refractivity contribution in [3.8, 4) is 5.75 Å². The van der Waals surface area contributed by atoms with Crippen LogP contribution in [0.25, 0.3) is 5.65 Å². The highest BCUT2D eigenvalue weighted by molar-refractivity contribution is 6.30. The molecule has 0 saturated heterocycles. The van der Waals surface area contributed by atoms with Crippen molar-refractivity contribution >= 4 is 23.2 Å². The van der Waals surface area contributed by atoms with Gasteiger partial charge in [-0.2, -0.15) is 0 Å². The van der Waals surface area contributed by atoms with Gasteiger partial charge in [-0.05, 0) is 36.8 Å². The predicted molar refractivity (Wildman–Crippen MR) is 93.6 cm³/mol. The number of hydrogen-bond acceptors (Lipinski definition) is 3. The summed E-state index contributed by atoms with van der Waals surface area (Å²) in [5.74, 6) is 0.547. The number of amides is 1. The molecule has 1 aromatic carbocycles. The fraction of sp³-hybridized carbons (Fsp3) is 0.222. The second-order valence-corrected chi connectivity index (χ2v) is 5.99. The molecule has 1 amide bonds. The highest BCUT2D eigenvalue weighted by atomic mass is 35.5. The number of fused-ring (bicyclic) bond motifs is 1. The van der Waals surface area contributed by atoms with Crippen LogP contribution in [0.3, 0.4) is 0 Å². The molecule has 3 rings (SSSR count). The van der Waals surface area contributed by atoms with Crippen LogP contribution < -0.4 is 10.1 Å². The minimum atomic E-state index is -0.150. The van der Waals surface area contributed by atoms with Crippen molar-refractivity contribution in [2.24, 2.45) is 0 Å². The molecule has 5 nitrogen and oxygen atoms in total. The van der Waals surface area contributed by atoms with Gasteiger partial charge in [0.2, 0.25) is 0 Å². The Morgan fingerprint density at radius 1 is 1.29 bits per heavy atom. The van der Waals surface area contributed by atoms with E-state index in [9.17, 15) is 4.79 Å². The Bertz CT molecular complexity index is 860. The molecule has 0 bridgehead atoms. The fourth-order valence-electron chi connectivity index (χ4n) is 2.37. The van der Waals surface area contributed by atoms with E-state index in [-0.39, 0.29) is 12.5 Å². The van der Waals surface area contributed by atoms with Crippen molar-refractivity contribution in [2.45, 2.75) is 13.3 Å². The molecule has 0 atom stereocenters. The highest BCUT2D eigenvalue weighted by Gasteiger charge is 2.05. The Balaban J connectivity index is 1.45. The number of rotatable bonds is 6. The van der Waals surface area contributed by atoms with Crippen molar-refractivity contribution in [3.05, 3.63) is 65.1 Å². The van der Waals surface area contributed by atoms with Gasteiger partial charge < -0.3 is 14.5 Å². The molecule has 0 aliphatic rings. The lowest BCUT2D eigenvalue weighted by atomic mass is 10.2. The van der Waals surface area contributed by atoms with Crippen molar-refractivity contribution in [1.29, 1.82) is 0 Å². The summed E-state index contributed by atoms with van der Waals surface area (Å²) >= 11 is 5.95. The Kier molecular flexibility index (Phi) is 5.01. The number of halogens is 1. The number of imidazole rings is 1. The Morgan fingerprint density at radius 3 is 3.00 bits per heavy atom. The molecule has 124 valence electrons. The van der Waals surface area contributed by atoms with E-state index in [1.165, 1.54) is 0 Å². The summed E-state index contributed by atoms with van der Waals surface area (Å²) in [6.45, 7) is 2.49. The van der Waals surface area contributed by atoms with Gasteiger partial charge in [-0.15, -0.1) is 0 Å². The van der Waals surface area contributed by atoms with E-state index in [1.807, 2.05) is 54.0 Å². The molecular formula is C18H18ClN3O2. The number of aromatic nitrogens is 2. The lowest BCUT2D eigenvalue weighted by Gasteiger charge is -2.07. The lowest BCUT2D eigenvalue weighted by Crippen LogP contribution is -2.30. The summed E-state index contributed by atoms with van der Waals surface area (Å²) in [6, 6.07) is 11.3. The van der Waals surface area contributed by atoms with Crippen LogP contribution in [0.15, 0.2) is 48.8 Å². The third-order valence-corrected chi connectivity index (χ3v) is 3.75. The summed E-state index contributed by atoms with van der Waals surface area (Å²) in [4.78, 5) is 16.3. The van der Waals surface area contributed by atoms with Crippen LogP contribution in [0.2, 0.25) is 5.02 Å². The predicted octanol–water partition coefficient (Wildman–Crippen LogP) is 3.03. The van der Waals surface area contributed by atoms with Crippen LogP contribution in [0.1, 0.15) is 11.3 Å². The molecular weight excluding hydrogens is 326 g/mol. The number of carbonyl (C=O) groups excluding carboxylic acids is 1. The van der Waals surface area contributed by atoms with Crippen LogP contribution in [-0.2, 0) is 11.2 Å². The molecule has 2 aromatic heterocycles. The maximum absolute atomic E-state index is 11.8. The van der Waals surface area contributed by atoms with Gasteiger partial charge in [-0.25, -0.2) is 4.98 Å². The topological polar surface area (TPSA) is 55.6 Å². The second-order valence-electron chi connectivity index (χ2n) is 5.55. The van der Waals surface area contributed by atoms with Crippen molar-refractivity contribution < 1.29 is 9.53 Å². The first-order chi connectivity index (χ1) is 11.6. The molecule has 2 heterocycles. The number of ether oxygens (including phenoxy) is 1. The van der Waals surface area contributed by atoms with E-state index in [0.717, 1.165) is 16.9 Å². The van der Waals surface area contributed by atoms with E-state index in [2.05, 4.69) is 10.3 Å². The van der Waals surface area contributed by atoms with Crippen LogP contribution in [0.5, 0.6) is 5.75 Å². The number of nitrogens with zero attached hydrogens (tertiary/aromatic N) is 2. The third-order valence-electron chi connectivity index (χ3n) is 3.53. The summed E-state index contributed by atoms with van der Waals surface area (Å²) in [5.41, 5.74) is 2.83. The number of hydrogen-bond donors (Lipinski definition) is 1. The first-order valence-corrected chi connectivity index (χ1v) is 8.07. The molecule has 0 unspecified atom stereocenters. The highest BCUT2D eigenvalue weighted by Crippen LogP contribution is 2.13. The van der Waals surface area contributed by atoms with Gasteiger partial charge in [0.1, 0.15) is 11.4 Å². The first kappa shape index (κ1) is 16.3. The molecule has 0 spiro atoms.